The molecular formula is C21H22FN5OS. The minimum atomic E-state index is -0.306. The van der Waals surface area contributed by atoms with E-state index in [1.807, 2.05) is 23.1 Å². The van der Waals surface area contributed by atoms with Gasteiger partial charge >= 0.3 is 0 Å². The van der Waals surface area contributed by atoms with Crippen LogP contribution in [-0.4, -0.2) is 51.8 Å². The molecule has 0 spiro atoms. The largest absolute Gasteiger partial charge is 0.368 e. The van der Waals surface area contributed by atoms with Gasteiger partial charge in [-0.3, -0.25) is 14.5 Å². The molecule has 3 aromatic rings. The Bertz CT molecular complexity index is 1020. The van der Waals surface area contributed by atoms with E-state index in [9.17, 15) is 9.18 Å². The lowest BCUT2D eigenvalue weighted by Gasteiger charge is -2.36. The Hall–Kier alpha value is -3.00. The Morgan fingerprint density at radius 3 is 2.41 bits per heavy atom. The summed E-state index contributed by atoms with van der Waals surface area (Å²) in [6.45, 7) is 3.48. The van der Waals surface area contributed by atoms with E-state index in [4.69, 9.17) is 12.2 Å². The molecule has 4 rings (SSSR count). The molecule has 8 heteroatoms. The molecule has 0 atom stereocenters. The lowest BCUT2D eigenvalue weighted by molar-refractivity contribution is -0.131. The predicted octanol–water partition coefficient (Wildman–Crippen LogP) is 3.49. The first-order chi connectivity index (χ1) is 14.1. The maximum Gasteiger partial charge on any atom is 0.224 e. The Morgan fingerprint density at radius 1 is 1.03 bits per heavy atom. The number of carbonyl (C=O) groups excluding carboxylic acids is 1. The summed E-state index contributed by atoms with van der Waals surface area (Å²) in [6, 6.07) is 16.3. The lowest BCUT2D eigenvalue weighted by Crippen LogP contribution is -2.48. The van der Waals surface area contributed by atoms with Crippen molar-refractivity contribution in [2.24, 2.45) is 0 Å². The van der Waals surface area contributed by atoms with Gasteiger partial charge in [0.15, 0.2) is 10.6 Å². The molecule has 1 amide bonds. The molecular weight excluding hydrogens is 389 g/mol. The van der Waals surface area contributed by atoms with Crippen molar-refractivity contribution >= 4 is 23.8 Å². The van der Waals surface area contributed by atoms with Crippen LogP contribution >= 0.6 is 12.2 Å². The fourth-order valence-corrected chi connectivity index (χ4v) is 3.79. The maximum absolute atomic E-state index is 13.2. The average molecular weight is 412 g/mol. The van der Waals surface area contributed by atoms with Gasteiger partial charge in [-0.05, 0) is 48.6 Å². The molecule has 29 heavy (non-hydrogen) atoms. The zero-order chi connectivity index (χ0) is 20.2. The third-order valence-corrected chi connectivity index (χ3v) is 5.48. The summed E-state index contributed by atoms with van der Waals surface area (Å²) in [5, 5.41) is 7.01. The second-order valence-electron chi connectivity index (χ2n) is 6.96. The fraction of sp³-hybridized carbons (Fsp3) is 0.286. The molecule has 1 aliphatic rings. The minimum absolute atomic E-state index is 0.103. The van der Waals surface area contributed by atoms with Crippen LogP contribution in [0.4, 0.5) is 10.1 Å². The number of rotatable bonds is 5. The second-order valence-corrected chi connectivity index (χ2v) is 7.35. The Labute approximate surface area is 173 Å². The van der Waals surface area contributed by atoms with Crippen LogP contribution in [0.2, 0.25) is 0 Å². The first-order valence-electron chi connectivity index (χ1n) is 9.61. The number of para-hydroxylation sites is 1. The molecule has 1 aliphatic heterocycles. The van der Waals surface area contributed by atoms with Crippen molar-refractivity contribution in [1.82, 2.24) is 19.7 Å². The van der Waals surface area contributed by atoms with Crippen molar-refractivity contribution in [3.05, 3.63) is 65.2 Å². The smallest absolute Gasteiger partial charge is 0.224 e. The van der Waals surface area contributed by atoms with Crippen LogP contribution in [0, 0.1) is 10.6 Å². The van der Waals surface area contributed by atoms with E-state index >= 15 is 0 Å². The zero-order valence-electron chi connectivity index (χ0n) is 15.9. The molecule has 2 aromatic carbocycles. The molecule has 1 fully saturated rings. The first-order valence-corrected chi connectivity index (χ1v) is 10.0. The van der Waals surface area contributed by atoms with Gasteiger partial charge in [-0.2, -0.15) is 5.10 Å². The number of nitrogens with one attached hydrogen (secondary N) is 1. The number of nitrogens with zero attached hydrogens (tertiary/aromatic N) is 4. The number of benzene rings is 2. The third kappa shape index (κ3) is 4.37. The van der Waals surface area contributed by atoms with Gasteiger partial charge in [-0.25, -0.2) is 4.39 Å². The third-order valence-electron chi connectivity index (χ3n) is 5.16. The number of hydrogen-bond acceptors (Lipinski definition) is 4. The summed E-state index contributed by atoms with van der Waals surface area (Å²) < 4.78 is 15.4. The quantitative estimate of drug-likeness (QED) is 0.653. The molecule has 1 aromatic heterocycles. The summed E-state index contributed by atoms with van der Waals surface area (Å²) >= 11 is 5.32. The van der Waals surface area contributed by atoms with Crippen molar-refractivity contribution in [3.63, 3.8) is 0 Å². The van der Waals surface area contributed by atoms with Crippen LogP contribution in [0.15, 0.2) is 54.6 Å². The number of H-pyrrole nitrogens is 1. The topological polar surface area (TPSA) is 57.2 Å². The van der Waals surface area contributed by atoms with Crippen molar-refractivity contribution in [1.29, 1.82) is 0 Å². The zero-order valence-corrected chi connectivity index (χ0v) is 16.7. The van der Waals surface area contributed by atoms with Crippen LogP contribution in [0.3, 0.4) is 0 Å². The van der Waals surface area contributed by atoms with E-state index in [0.29, 0.717) is 36.7 Å². The van der Waals surface area contributed by atoms with Crippen molar-refractivity contribution in [3.8, 4) is 11.4 Å². The van der Waals surface area contributed by atoms with Gasteiger partial charge < -0.3 is 9.80 Å². The van der Waals surface area contributed by atoms with E-state index < -0.39 is 0 Å². The van der Waals surface area contributed by atoms with Gasteiger partial charge in [0.2, 0.25) is 5.91 Å². The summed E-state index contributed by atoms with van der Waals surface area (Å²) in [5.41, 5.74) is 1.94. The molecule has 1 saturated heterocycles. The number of aromatic amines is 1. The van der Waals surface area contributed by atoms with E-state index in [-0.39, 0.29) is 11.7 Å². The first kappa shape index (κ1) is 19.3. The summed E-state index contributed by atoms with van der Waals surface area (Å²) in [5.74, 6) is 0.404. The molecule has 0 unspecified atom stereocenters. The van der Waals surface area contributed by atoms with Crippen LogP contribution in [-0.2, 0) is 11.3 Å². The molecule has 0 bridgehead atoms. The number of carbonyl (C=O) groups is 1. The molecule has 150 valence electrons. The number of aromatic nitrogens is 3. The highest BCUT2D eigenvalue weighted by atomic mass is 32.1. The number of hydrogen-bond donors (Lipinski definition) is 1. The average Bonchev–Trinajstić information content (AvgIpc) is 3.13. The summed E-state index contributed by atoms with van der Waals surface area (Å²) in [4.78, 5) is 16.9. The van der Waals surface area contributed by atoms with Gasteiger partial charge in [0.25, 0.3) is 0 Å². The van der Waals surface area contributed by atoms with E-state index in [0.717, 1.165) is 18.7 Å². The van der Waals surface area contributed by atoms with E-state index in [2.05, 4.69) is 27.2 Å². The van der Waals surface area contributed by atoms with Gasteiger partial charge in [-0.15, -0.1) is 0 Å². The standard InChI is InChI=1S/C21H22FN5OS/c22-17-8-6-16(7-9-17)20-23-24-21(29)27(20)11-10-19(28)26-14-12-25(13-15-26)18-4-2-1-3-5-18/h1-9H,10-15H2,(H,24,29). The van der Waals surface area contributed by atoms with Gasteiger partial charge in [0, 0.05) is 50.4 Å². The number of anilines is 1. The van der Waals surface area contributed by atoms with Gasteiger partial charge in [0.1, 0.15) is 5.82 Å². The van der Waals surface area contributed by atoms with Crippen molar-refractivity contribution < 1.29 is 9.18 Å². The molecule has 6 nitrogen and oxygen atoms in total. The fourth-order valence-electron chi connectivity index (χ4n) is 3.56. The second kappa shape index (κ2) is 8.57. The molecule has 2 heterocycles. The predicted molar refractivity (Wildman–Crippen MR) is 113 cm³/mol. The summed E-state index contributed by atoms with van der Waals surface area (Å²) in [7, 11) is 0. The molecule has 1 N–H and O–H groups in total. The van der Waals surface area contributed by atoms with Crippen LogP contribution in [0.1, 0.15) is 6.42 Å². The SMILES string of the molecule is O=C(CCn1c(-c2ccc(F)cc2)n[nH]c1=S)N1CCN(c2ccccc2)CC1. The van der Waals surface area contributed by atoms with Crippen LogP contribution < -0.4 is 4.90 Å². The van der Waals surface area contributed by atoms with Gasteiger partial charge in [0.05, 0.1) is 0 Å². The highest BCUT2D eigenvalue weighted by molar-refractivity contribution is 7.71. The van der Waals surface area contributed by atoms with Crippen LogP contribution in [0.25, 0.3) is 11.4 Å². The van der Waals surface area contributed by atoms with Gasteiger partial charge in [-0.1, -0.05) is 18.2 Å². The molecule has 0 aliphatic carbocycles. The Kier molecular flexibility index (Phi) is 5.71. The Balaban J connectivity index is 1.37. The minimum Gasteiger partial charge on any atom is -0.368 e. The molecule has 0 saturated carbocycles. The lowest BCUT2D eigenvalue weighted by atomic mass is 10.2. The van der Waals surface area contributed by atoms with E-state index in [1.165, 1.54) is 17.8 Å². The highest BCUT2D eigenvalue weighted by Crippen LogP contribution is 2.19. The maximum atomic E-state index is 13.2. The normalized spacial score (nSPS) is 14.2. The monoisotopic (exact) mass is 411 g/mol. The number of halogens is 1. The summed E-state index contributed by atoms with van der Waals surface area (Å²) in [6.07, 6.45) is 0.341. The Morgan fingerprint density at radius 2 is 1.72 bits per heavy atom. The van der Waals surface area contributed by atoms with Crippen molar-refractivity contribution in [2.45, 2.75) is 13.0 Å². The van der Waals surface area contributed by atoms with E-state index in [1.54, 1.807) is 16.7 Å². The molecule has 0 radical (unpaired) electrons. The van der Waals surface area contributed by atoms with Crippen molar-refractivity contribution in [2.75, 3.05) is 31.1 Å². The van der Waals surface area contributed by atoms with Crippen LogP contribution in [0.5, 0.6) is 0 Å². The highest BCUT2D eigenvalue weighted by Gasteiger charge is 2.21. The number of amides is 1. The number of piperazine rings is 1.